The van der Waals surface area contributed by atoms with Crippen LogP contribution in [0.15, 0.2) is 23.2 Å². The first kappa shape index (κ1) is 20.0. The molecule has 0 spiro atoms. The number of hydrogen-bond acceptors (Lipinski definition) is 3. The molecule has 2 heterocycles. The molecule has 6 nitrogen and oxygen atoms in total. The van der Waals surface area contributed by atoms with Crippen molar-refractivity contribution in [3.63, 3.8) is 0 Å². The Morgan fingerprint density at radius 3 is 2.79 bits per heavy atom. The van der Waals surface area contributed by atoms with E-state index >= 15 is 0 Å². The van der Waals surface area contributed by atoms with Gasteiger partial charge in [-0.15, -0.1) is 0 Å². The number of fused-ring (bicyclic) bond motifs is 1. The van der Waals surface area contributed by atoms with Crippen molar-refractivity contribution >= 4 is 17.6 Å². The summed E-state index contributed by atoms with van der Waals surface area (Å²) in [5, 5.41) is 6.97. The minimum atomic E-state index is 0.272. The van der Waals surface area contributed by atoms with Crippen LogP contribution in [0.1, 0.15) is 49.7 Å². The first-order chi connectivity index (χ1) is 14.1. The van der Waals surface area contributed by atoms with Gasteiger partial charge in [-0.05, 0) is 49.3 Å². The number of likely N-dealkylation sites (tertiary alicyclic amines) is 1. The molecule has 29 heavy (non-hydrogen) atoms. The molecule has 1 aliphatic carbocycles. The fourth-order valence-corrected chi connectivity index (χ4v) is 5.03. The average molecular weight is 398 g/mol. The topological polar surface area (TPSA) is 60.0 Å². The van der Waals surface area contributed by atoms with Crippen molar-refractivity contribution < 1.29 is 4.79 Å². The van der Waals surface area contributed by atoms with E-state index in [1.165, 1.54) is 36.1 Å². The van der Waals surface area contributed by atoms with Gasteiger partial charge >= 0.3 is 0 Å². The normalized spacial score (nSPS) is 22.7. The highest BCUT2D eigenvalue weighted by molar-refractivity contribution is 5.81. The molecule has 1 saturated carbocycles. The monoisotopic (exact) mass is 397 g/mol. The van der Waals surface area contributed by atoms with Crippen LogP contribution in [0.3, 0.4) is 0 Å². The van der Waals surface area contributed by atoms with Crippen LogP contribution in [0.5, 0.6) is 0 Å². The molecule has 4 rings (SSSR count). The number of anilines is 1. The Hall–Kier alpha value is -2.24. The minimum Gasteiger partial charge on any atom is -0.374 e. The zero-order valence-corrected chi connectivity index (χ0v) is 17.9. The summed E-state index contributed by atoms with van der Waals surface area (Å²) in [4.78, 5) is 21.4. The number of aryl methyl sites for hydroxylation is 1. The summed E-state index contributed by atoms with van der Waals surface area (Å²) >= 11 is 0. The maximum atomic E-state index is 12.6. The predicted molar refractivity (Wildman–Crippen MR) is 118 cm³/mol. The van der Waals surface area contributed by atoms with Crippen LogP contribution < -0.4 is 15.5 Å². The van der Waals surface area contributed by atoms with Crippen LogP contribution >= 0.6 is 0 Å². The largest absolute Gasteiger partial charge is 0.374 e. The Morgan fingerprint density at radius 2 is 2.00 bits per heavy atom. The summed E-state index contributed by atoms with van der Waals surface area (Å²) in [7, 11) is 3.98. The van der Waals surface area contributed by atoms with E-state index in [0.717, 1.165) is 57.8 Å². The number of nitrogens with one attached hydrogen (secondary N) is 2. The van der Waals surface area contributed by atoms with Gasteiger partial charge in [0.25, 0.3) is 0 Å². The fourth-order valence-electron chi connectivity index (χ4n) is 5.03. The quantitative estimate of drug-likeness (QED) is 0.605. The van der Waals surface area contributed by atoms with Gasteiger partial charge in [-0.3, -0.25) is 9.79 Å². The lowest BCUT2D eigenvalue weighted by molar-refractivity contribution is -0.134. The first-order valence-electron chi connectivity index (χ1n) is 11.2. The first-order valence-corrected chi connectivity index (χ1v) is 11.2. The number of nitrogens with zero attached hydrogens (tertiary/aromatic N) is 3. The van der Waals surface area contributed by atoms with Gasteiger partial charge < -0.3 is 20.4 Å². The molecular formula is C23H35N5O. The third kappa shape index (κ3) is 4.68. The molecule has 2 N–H and O–H groups in total. The van der Waals surface area contributed by atoms with Crippen LogP contribution in [-0.4, -0.2) is 56.5 Å². The van der Waals surface area contributed by atoms with E-state index in [0.29, 0.717) is 5.91 Å². The maximum Gasteiger partial charge on any atom is 0.225 e. The summed E-state index contributed by atoms with van der Waals surface area (Å²) in [5.74, 6) is 1.46. The maximum absolute atomic E-state index is 12.6. The molecule has 2 fully saturated rings. The molecule has 1 saturated heterocycles. The number of benzene rings is 1. The van der Waals surface area contributed by atoms with Gasteiger partial charge in [0, 0.05) is 57.9 Å². The van der Waals surface area contributed by atoms with E-state index < -0.39 is 0 Å². The van der Waals surface area contributed by atoms with Gasteiger partial charge in [-0.2, -0.15) is 0 Å². The number of carbonyl (C=O) groups is 1. The highest BCUT2D eigenvalue weighted by atomic mass is 16.2. The third-order valence-corrected chi connectivity index (χ3v) is 6.72. The lowest BCUT2D eigenvalue weighted by atomic mass is 9.99. The van der Waals surface area contributed by atoms with Crippen LogP contribution in [-0.2, 0) is 17.8 Å². The summed E-state index contributed by atoms with van der Waals surface area (Å²) in [5.41, 5.74) is 4.09. The summed E-state index contributed by atoms with van der Waals surface area (Å²) in [6.45, 7) is 3.56. The molecule has 1 atom stereocenters. The molecule has 1 unspecified atom stereocenters. The molecule has 3 aliphatic rings. The highest BCUT2D eigenvalue weighted by Crippen LogP contribution is 2.28. The Morgan fingerprint density at radius 1 is 1.17 bits per heavy atom. The zero-order chi connectivity index (χ0) is 20.2. The van der Waals surface area contributed by atoms with Gasteiger partial charge in [0.2, 0.25) is 5.91 Å². The molecule has 1 aromatic carbocycles. The lowest BCUT2D eigenvalue weighted by Crippen LogP contribution is -2.45. The number of guanidine groups is 1. The van der Waals surface area contributed by atoms with E-state index in [-0.39, 0.29) is 12.0 Å². The Kier molecular flexibility index (Phi) is 6.26. The average Bonchev–Trinajstić information content (AvgIpc) is 3.43. The number of aliphatic imine (C=N–C) groups is 1. The van der Waals surface area contributed by atoms with E-state index in [1.54, 1.807) is 0 Å². The minimum absolute atomic E-state index is 0.272. The van der Waals surface area contributed by atoms with Gasteiger partial charge in [-0.1, -0.05) is 25.0 Å². The fraction of sp³-hybridized carbons (Fsp3) is 0.652. The summed E-state index contributed by atoms with van der Waals surface area (Å²) in [6.07, 6.45) is 7.95. The number of rotatable bonds is 4. The van der Waals surface area contributed by atoms with Gasteiger partial charge in [-0.25, -0.2) is 0 Å². The van der Waals surface area contributed by atoms with Crippen LogP contribution in [0.25, 0.3) is 0 Å². The molecule has 0 radical (unpaired) electrons. The SMILES string of the molecule is CN=C(NCc1ccc2c(c1)CCCN2C)NC1CCN(C(=O)C2CCCC2)C1. The zero-order valence-electron chi connectivity index (χ0n) is 17.9. The molecule has 2 aliphatic heterocycles. The second kappa shape index (κ2) is 9.06. The van der Waals surface area contributed by atoms with Crippen LogP contribution in [0.4, 0.5) is 5.69 Å². The number of carbonyl (C=O) groups excluding carboxylic acids is 1. The smallest absolute Gasteiger partial charge is 0.225 e. The van der Waals surface area contributed by atoms with Crippen molar-refractivity contribution in [1.82, 2.24) is 15.5 Å². The van der Waals surface area contributed by atoms with Crippen molar-refractivity contribution in [2.24, 2.45) is 10.9 Å². The number of amides is 1. The predicted octanol–water partition coefficient (Wildman–Crippen LogP) is 2.53. The van der Waals surface area contributed by atoms with E-state index in [4.69, 9.17) is 0 Å². The standard InChI is InChI=1S/C23H35N5O/c1-24-23(25-15-17-9-10-21-19(14-17)8-5-12-27(21)2)26-20-11-13-28(16-20)22(29)18-6-3-4-7-18/h9-10,14,18,20H,3-8,11-13,15-16H2,1-2H3,(H2,24,25,26). The second-order valence-corrected chi connectivity index (χ2v) is 8.81. The molecule has 0 aromatic heterocycles. The van der Waals surface area contributed by atoms with Crippen molar-refractivity contribution in [3.8, 4) is 0 Å². The van der Waals surface area contributed by atoms with Crippen LogP contribution in [0.2, 0.25) is 0 Å². The summed E-state index contributed by atoms with van der Waals surface area (Å²) in [6, 6.07) is 7.05. The Bertz CT molecular complexity index is 756. The number of hydrogen-bond donors (Lipinski definition) is 2. The molecule has 1 aromatic rings. The highest BCUT2D eigenvalue weighted by Gasteiger charge is 2.32. The summed E-state index contributed by atoms with van der Waals surface area (Å²) < 4.78 is 0. The van der Waals surface area contributed by atoms with Gasteiger partial charge in [0.05, 0.1) is 0 Å². The molecule has 6 heteroatoms. The van der Waals surface area contributed by atoms with Crippen molar-refractivity contribution in [1.29, 1.82) is 0 Å². The van der Waals surface area contributed by atoms with E-state index in [2.05, 4.69) is 50.7 Å². The molecule has 0 bridgehead atoms. The van der Waals surface area contributed by atoms with Crippen molar-refractivity contribution in [2.75, 3.05) is 38.6 Å². The van der Waals surface area contributed by atoms with Crippen molar-refractivity contribution in [3.05, 3.63) is 29.3 Å². The molecule has 158 valence electrons. The Labute approximate surface area is 174 Å². The second-order valence-electron chi connectivity index (χ2n) is 8.81. The van der Waals surface area contributed by atoms with Gasteiger partial charge in [0.1, 0.15) is 0 Å². The molecular weight excluding hydrogens is 362 g/mol. The van der Waals surface area contributed by atoms with Crippen LogP contribution in [0, 0.1) is 5.92 Å². The van der Waals surface area contributed by atoms with E-state index in [1.807, 2.05) is 7.05 Å². The van der Waals surface area contributed by atoms with Crippen molar-refractivity contribution in [2.45, 2.75) is 57.5 Å². The third-order valence-electron chi connectivity index (χ3n) is 6.72. The Balaban J connectivity index is 1.27. The molecule has 1 amide bonds. The van der Waals surface area contributed by atoms with E-state index in [9.17, 15) is 4.79 Å². The van der Waals surface area contributed by atoms with Gasteiger partial charge in [0.15, 0.2) is 5.96 Å². The lowest BCUT2D eigenvalue weighted by Gasteiger charge is -2.28.